The Balaban J connectivity index is 2.97. The lowest BCUT2D eigenvalue weighted by atomic mass is 10.2. The Bertz CT molecular complexity index is 256. The van der Waals surface area contributed by atoms with Crippen molar-refractivity contribution in [1.82, 2.24) is 9.78 Å². The van der Waals surface area contributed by atoms with Gasteiger partial charge in [0.1, 0.15) is 0 Å². The van der Waals surface area contributed by atoms with Gasteiger partial charge in [-0.2, -0.15) is 5.10 Å². The van der Waals surface area contributed by atoms with Gasteiger partial charge in [-0.3, -0.25) is 4.68 Å². The van der Waals surface area contributed by atoms with Crippen LogP contribution in [0.15, 0.2) is 12.6 Å². The number of halogens is 1. The fourth-order valence-corrected chi connectivity index (χ4v) is 1.09. The molecule has 0 unspecified atom stereocenters. The number of nitrogens with zero attached hydrogens (tertiary/aromatic N) is 2. The fraction of sp³-hybridized carbons (Fsp3) is 0.375. The zero-order chi connectivity index (χ0) is 8.43. The van der Waals surface area contributed by atoms with Crippen LogP contribution in [0.4, 0.5) is 0 Å². The van der Waals surface area contributed by atoms with E-state index in [1.165, 1.54) is 0 Å². The summed E-state index contributed by atoms with van der Waals surface area (Å²) in [5.74, 6) is 0. The molecular weight excluding hydrogens is 204 g/mol. The molecular formula is C8H11BrN2. The first-order valence-corrected chi connectivity index (χ1v) is 4.52. The number of hydrogen-bond donors (Lipinski definition) is 0. The lowest BCUT2D eigenvalue weighted by molar-refractivity contribution is 0.736. The van der Waals surface area contributed by atoms with E-state index in [9.17, 15) is 0 Å². The molecule has 0 N–H and O–H groups in total. The van der Waals surface area contributed by atoms with Gasteiger partial charge in [-0.1, -0.05) is 22.5 Å². The van der Waals surface area contributed by atoms with Crippen molar-refractivity contribution in [3.8, 4) is 0 Å². The van der Waals surface area contributed by atoms with Crippen LogP contribution >= 0.6 is 15.9 Å². The largest absolute Gasteiger partial charge is 0.272 e. The molecule has 1 rings (SSSR count). The van der Waals surface area contributed by atoms with Crippen LogP contribution in [0.2, 0.25) is 0 Å². The third kappa shape index (κ3) is 1.71. The highest BCUT2D eigenvalue weighted by molar-refractivity contribution is 9.09. The molecule has 11 heavy (non-hydrogen) atoms. The molecule has 0 amide bonds. The van der Waals surface area contributed by atoms with E-state index in [1.807, 2.05) is 24.7 Å². The van der Waals surface area contributed by atoms with Gasteiger partial charge in [-0.25, -0.2) is 0 Å². The average molecular weight is 215 g/mol. The Morgan fingerprint density at radius 2 is 2.45 bits per heavy atom. The monoisotopic (exact) mass is 214 g/mol. The van der Waals surface area contributed by atoms with Crippen LogP contribution < -0.4 is 0 Å². The Labute approximate surface area is 75.0 Å². The van der Waals surface area contributed by atoms with Gasteiger partial charge in [0.05, 0.1) is 5.69 Å². The zero-order valence-corrected chi connectivity index (χ0v) is 8.35. The predicted molar refractivity (Wildman–Crippen MR) is 50.8 cm³/mol. The van der Waals surface area contributed by atoms with Crippen molar-refractivity contribution in [3.05, 3.63) is 24.0 Å². The zero-order valence-electron chi connectivity index (χ0n) is 6.76. The third-order valence-electron chi connectivity index (χ3n) is 1.64. The smallest absolute Gasteiger partial charge is 0.0888 e. The normalized spacial score (nSPS) is 10.1. The number of aromatic nitrogens is 2. The molecule has 0 radical (unpaired) electrons. The van der Waals surface area contributed by atoms with Crippen LogP contribution in [0.1, 0.15) is 11.4 Å². The summed E-state index contributed by atoms with van der Waals surface area (Å²) in [6, 6.07) is 2.03. The fourth-order valence-electron chi connectivity index (χ4n) is 0.802. The van der Waals surface area contributed by atoms with E-state index in [1.54, 1.807) is 0 Å². The summed E-state index contributed by atoms with van der Waals surface area (Å²) in [7, 11) is 1.93. The van der Waals surface area contributed by atoms with E-state index in [0.717, 1.165) is 22.3 Å². The summed E-state index contributed by atoms with van der Waals surface area (Å²) in [6.45, 7) is 5.90. The lowest BCUT2D eigenvalue weighted by Crippen LogP contribution is -1.93. The van der Waals surface area contributed by atoms with Crippen molar-refractivity contribution < 1.29 is 0 Å². The molecule has 1 heterocycles. The maximum atomic E-state index is 4.27. The summed E-state index contributed by atoms with van der Waals surface area (Å²) in [6.07, 6.45) is 0. The van der Waals surface area contributed by atoms with Crippen molar-refractivity contribution in [2.45, 2.75) is 6.92 Å². The molecule has 0 atom stereocenters. The second-order valence-electron chi connectivity index (χ2n) is 2.53. The summed E-state index contributed by atoms with van der Waals surface area (Å²) in [5.41, 5.74) is 3.15. The van der Waals surface area contributed by atoms with Crippen LogP contribution in [-0.2, 0) is 7.05 Å². The van der Waals surface area contributed by atoms with Gasteiger partial charge in [0.25, 0.3) is 0 Å². The maximum Gasteiger partial charge on any atom is 0.0888 e. The molecule has 2 nitrogen and oxygen atoms in total. The Morgan fingerprint density at radius 1 is 1.82 bits per heavy atom. The van der Waals surface area contributed by atoms with Crippen molar-refractivity contribution >= 4 is 21.5 Å². The van der Waals surface area contributed by atoms with Gasteiger partial charge in [0.15, 0.2) is 0 Å². The highest BCUT2D eigenvalue weighted by Gasteiger charge is 2.02. The molecule has 60 valence electrons. The molecule has 0 fully saturated rings. The van der Waals surface area contributed by atoms with Gasteiger partial charge in [-0.05, 0) is 18.6 Å². The molecule has 0 aromatic carbocycles. The first-order chi connectivity index (χ1) is 5.15. The van der Waals surface area contributed by atoms with E-state index in [-0.39, 0.29) is 0 Å². The second-order valence-corrected chi connectivity index (χ2v) is 3.09. The Hall–Kier alpha value is -0.570. The van der Waals surface area contributed by atoms with E-state index >= 15 is 0 Å². The molecule has 0 aliphatic rings. The van der Waals surface area contributed by atoms with E-state index in [4.69, 9.17) is 0 Å². The molecule has 0 aliphatic heterocycles. The van der Waals surface area contributed by atoms with Gasteiger partial charge in [0, 0.05) is 18.1 Å². The van der Waals surface area contributed by atoms with E-state index in [0.29, 0.717) is 0 Å². The second kappa shape index (κ2) is 3.22. The van der Waals surface area contributed by atoms with Crippen molar-refractivity contribution in [3.63, 3.8) is 0 Å². The number of hydrogen-bond acceptors (Lipinski definition) is 1. The number of rotatable bonds is 2. The summed E-state index contributed by atoms with van der Waals surface area (Å²) in [4.78, 5) is 0. The predicted octanol–water partition coefficient (Wildman–Crippen LogP) is 2.14. The average Bonchev–Trinajstić information content (AvgIpc) is 2.31. The first-order valence-electron chi connectivity index (χ1n) is 3.40. The quantitative estimate of drug-likeness (QED) is 0.691. The topological polar surface area (TPSA) is 17.8 Å². The van der Waals surface area contributed by atoms with Crippen LogP contribution in [0.5, 0.6) is 0 Å². The minimum absolute atomic E-state index is 0.781. The molecule has 0 saturated heterocycles. The van der Waals surface area contributed by atoms with Crippen LogP contribution in [0.3, 0.4) is 0 Å². The van der Waals surface area contributed by atoms with Crippen molar-refractivity contribution in [1.29, 1.82) is 0 Å². The van der Waals surface area contributed by atoms with Gasteiger partial charge < -0.3 is 0 Å². The summed E-state index contributed by atoms with van der Waals surface area (Å²) < 4.78 is 1.85. The van der Waals surface area contributed by atoms with Crippen molar-refractivity contribution in [2.24, 2.45) is 7.05 Å². The van der Waals surface area contributed by atoms with Crippen molar-refractivity contribution in [2.75, 3.05) is 5.33 Å². The van der Waals surface area contributed by atoms with Gasteiger partial charge in [0.2, 0.25) is 0 Å². The molecule has 0 bridgehead atoms. The van der Waals surface area contributed by atoms with E-state index in [2.05, 4.69) is 27.6 Å². The van der Waals surface area contributed by atoms with E-state index < -0.39 is 0 Å². The molecule has 1 aromatic heterocycles. The summed E-state index contributed by atoms with van der Waals surface area (Å²) in [5, 5.41) is 5.05. The molecule has 0 saturated carbocycles. The first kappa shape index (κ1) is 8.53. The standard InChI is InChI=1S/C8H11BrN2/c1-6(5-9)8-4-7(2)11(3)10-8/h4H,1,5H2,2-3H3. The highest BCUT2D eigenvalue weighted by atomic mass is 79.9. The highest BCUT2D eigenvalue weighted by Crippen LogP contribution is 2.13. The number of alkyl halides is 1. The van der Waals surface area contributed by atoms with Crippen LogP contribution in [0.25, 0.3) is 5.57 Å². The van der Waals surface area contributed by atoms with Gasteiger partial charge >= 0.3 is 0 Å². The Morgan fingerprint density at radius 3 is 2.82 bits per heavy atom. The minimum Gasteiger partial charge on any atom is -0.272 e. The molecule has 0 aliphatic carbocycles. The van der Waals surface area contributed by atoms with Gasteiger partial charge in [-0.15, -0.1) is 0 Å². The lowest BCUT2D eigenvalue weighted by Gasteiger charge is -1.92. The van der Waals surface area contributed by atoms with Crippen LogP contribution in [-0.4, -0.2) is 15.1 Å². The number of allylic oxidation sites excluding steroid dienone is 1. The molecule has 0 spiro atoms. The van der Waals surface area contributed by atoms with Crippen LogP contribution in [0, 0.1) is 6.92 Å². The molecule has 3 heteroatoms. The third-order valence-corrected chi connectivity index (χ3v) is 2.31. The summed E-state index contributed by atoms with van der Waals surface area (Å²) >= 11 is 3.34. The molecule has 1 aromatic rings. The SMILES string of the molecule is C=C(CBr)c1cc(C)n(C)n1. The Kier molecular flexibility index (Phi) is 2.49. The minimum atomic E-state index is 0.781. The number of aryl methyl sites for hydroxylation is 2. The maximum absolute atomic E-state index is 4.27.